The Hall–Kier alpha value is -2.94. The highest BCUT2D eigenvalue weighted by molar-refractivity contribution is 5.78. The zero-order chi connectivity index (χ0) is 22.1. The first kappa shape index (κ1) is 23.3. The average Bonchev–Trinajstić information content (AvgIpc) is 2.76. The summed E-state index contributed by atoms with van der Waals surface area (Å²) in [6.07, 6.45) is 11.2. The molecule has 2 rings (SSSR count). The lowest BCUT2D eigenvalue weighted by molar-refractivity contribution is 0.314. The summed E-state index contributed by atoms with van der Waals surface area (Å²) in [7, 11) is 0. The maximum absolute atomic E-state index is 4.21. The molecule has 1 N–H and O–H groups in total. The highest BCUT2D eigenvalue weighted by Crippen LogP contribution is 2.32. The number of nitrogens with one attached hydrogen (secondary N) is 1. The molecule has 0 bridgehead atoms. The van der Waals surface area contributed by atoms with Crippen molar-refractivity contribution < 1.29 is 0 Å². The van der Waals surface area contributed by atoms with Gasteiger partial charge in [0.1, 0.15) is 0 Å². The summed E-state index contributed by atoms with van der Waals surface area (Å²) in [6, 6.07) is 6.57. The molecule has 1 aliphatic rings. The monoisotopic (exact) mass is 403 g/mol. The maximum Gasteiger partial charge on any atom is 0.0628 e. The molecule has 1 heterocycles. The highest BCUT2D eigenvalue weighted by Gasteiger charge is 2.20. The molecule has 0 unspecified atom stereocenters. The summed E-state index contributed by atoms with van der Waals surface area (Å²) < 4.78 is 0. The molecule has 160 valence electrons. The number of piperazine rings is 1. The lowest BCUT2D eigenvalue weighted by Crippen LogP contribution is -2.46. The van der Waals surface area contributed by atoms with Crippen molar-refractivity contribution in [2.45, 2.75) is 34.1 Å². The van der Waals surface area contributed by atoms with Gasteiger partial charge in [0, 0.05) is 37.6 Å². The first-order valence-electron chi connectivity index (χ1n) is 10.8. The molecule has 1 aliphatic heterocycles. The van der Waals surface area contributed by atoms with Gasteiger partial charge in [0.15, 0.2) is 0 Å². The minimum Gasteiger partial charge on any atom is -0.371 e. The van der Waals surface area contributed by atoms with Crippen molar-refractivity contribution in [1.82, 2.24) is 4.90 Å². The van der Waals surface area contributed by atoms with Gasteiger partial charge in [-0.3, -0.25) is 0 Å². The molecule has 1 aromatic rings. The van der Waals surface area contributed by atoms with Crippen LogP contribution in [0, 0.1) is 0 Å². The predicted octanol–water partition coefficient (Wildman–Crippen LogP) is 6.77. The molecule has 0 aromatic heterocycles. The van der Waals surface area contributed by atoms with Gasteiger partial charge in [0.2, 0.25) is 0 Å². The third-order valence-corrected chi connectivity index (χ3v) is 5.61. The summed E-state index contributed by atoms with van der Waals surface area (Å²) in [5, 5.41) is 3.54. The fourth-order valence-electron chi connectivity index (χ4n) is 3.54. The summed E-state index contributed by atoms with van der Waals surface area (Å²) in [5.74, 6) is 0. The molecule has 30 heavy (non-hydrogen) atoms. The second kappa shape index (κ2) is 11.3. The summed E-state index contributed by atoms with van der Waals surface area (Å²) in [6.45, 7) is 24.4. The second-order valence-corrected chi connectivity index (χ2v) is 7.69. The van der Waals surface area contributed by atoms with Crippen molar-refractivity contribution in [2.75, 3.05) is 36.4 Å². The Balaban J connectivity index is 2.22. The molecule has 1 aromatic carbocycles. The first-order valence-corrected chi connectivity index (χ1v) is 10.8. The Morgan fingerprint density at radius 1 is 1.10 bits per heavy atom. The SMILES string of the molecule is C=C/C=C\C=C(/CC)N1CCN(c2ccc(C(=C)C)cc2NC(=C)/C(C)=C/C)CC1. The van der Waals surface area contributed by atoms with Crippen LogP contribution in [0.4, 0.5) is 11.4 Å². The lowest BCUT2D eigenvalue weighted by atomic mass is 10.1. The van der Waals surface area contributed by atoms with E-state index in [1.807, 2.05) is 26.0 Å². The third-order valence-electron chi connectivity index (χ3n) is 5.61. The molecule has 1 saturated heterocycles. The van der Waals surface area contributed by atoms with Gasteiger partial charge in [-0.25, -0.2) is 0 Å². The zero-order valence-corrected chi connectivity index (χ0v) is 19.2. The van der Waals surface area contributed by atoms with Crippen LogP contribution in [-0.2, 0) is 0 Å². The topological polar surface area (TPSA) is 18.5 Å². The fourth-order valence-corrected chi connectivity index (χ4v) is 3.54. The molecular weight excluding hydrogens is 366 g/mol. The van der Waals surface area contributed by atoms with E-state index in [-0.39, 0.29) is 0 Å². The summed E-state index contributed by atoms with van der Waals surface area (Å²) in [5.41, 5.74) is 7.98. The number of nitrogens with zero attached hydrogens (tertiary/aromatic N) is 2. The van der Waals surface area contributed by atoms with Crippen molar-refractivity contribution in [3.05, 3.63) is 90.8 Å². The van der Waals surface area contributed by atoms with E-state index < -0.39 is 0 Å². The van der Waals surface area contributed by atoms with Gasteiger partial charge in [0.25, 0.3) is 0 Å². The van der Waals surface area contributed by atoms with Crippen LogP contribution >= 0.6 is 0 Å². The van der Waals surface area contributed by atoms with Gasteiger partial charge in [-0.2, -0.15) is 0 Å². The molecule has 0 spiro atoms. The largest absolute Gasteiger partial charge is 0.371 e. The number of benzene rings is 1. The van der Waals surface area contributed by atoms with E-state index in [0.717, 1.165) is 60.7 Å². The van der Waals surface area contributed by atoms with Crippen LogP contribution < -0.4 is 10.2 Å². The quantitative estimate of drug-likeness (QED) is 0.459. The van der Waals surface area contributed by atoms with E-state index in [2.05, 4.69) is 85.1 Å². The normalized spacial score (nSPS) is 15.5. The minimum atomic E-state index is 0.932. The Bertz CT molecular complexity index is 862. The minimum absolute atomic E-state index is 0.932. The number of anilines is 2. The Morgan fingerprint density at radius 3 is 2.37 bits per heavy atom. The predicted molar refractivity (Wildman–Crippen MR) is 135 cm³/mol. The molecule has 1 fully saturated rings. The molecule has 0 saturated carbocycles. The van der Waals surface area contributed by atoms with E-state index in [1.54, 1.807) is 0 Å². The van der Waals surface area contributed by atoms with E-state index in [1.165, 1.54) is 11.4 Å². The zero-order valence-electron chi connectivity index (χ0n) is 19.2. The fraction of sp³-hybridized carbons (Fsp3) is 0.333. The molecule has 3 nitrogen and oxygen atoms in total. The van der Waals surface area contributed by atoms with E-state index in [0.29, 0.717) is 0 Å². The van der Waals surface area contributed by atoms with Crippen LogP contribution in [-0.4, -0.2) is 31.1 Å². The van der Waals surface area contributed by atoms with Crippen molar-refractivity contribution >= 4 is 16.9 Å². The van der Waals surface area contributed by atoms with Gasteiger partial charge in [-0.1, -0.05) is 62.6 Å². The van der Waals surface area contributed by atoms with Crippen LogP contribution in [0.25, 0.3) is 5.57 Å². The van der Waals surface area contributed by atoms with E-state index >= 15 is 0 Å². The molecule has 0 aliphatic carbocycles. The van der Waals surface area contributed by atoms with E-state index in [4.69, 9.17) is 0 Å². The van der Waals surface area contributed by atoms with Crippen molar-refractivity contribution in [2.24, 2.45) is 0 Å². The molecule has 3 heteroatoms. The van der Waals surface area contributed by atoms with Gasteiger partial charge < -0.3 is 15.1 Å². The number of hydrogen-bond acceptors (Lipinski definition) is 3. The van der Waals surface area contributed by atoms with Crippen LogP contribution in [0.1, 0.15) is 39.7 Å². The molecule has 0 atom stereocenters. The van der Waals surface area contributed by atoms with Gasteiger partial charge >= 0.3 is 0 Å². The highest BCUT2D eigenvalue weighted by atomic mass is 15.3. The van der Waals surface area contributed by atoms with Gasteiger partial charge in [-0.15, -0.1) is 0 Å². The smallest absolute Gasteiger partial charge is 0.0628 e. The Morgan fingerprint density at radius 2 is 1.80 bits per heavy atom. The van der Waals surface area contributed by atoms with Crippen LogP contribution in [0.15, 0.2) is 85.3 Å². The third kappa shape index (κ3) is 6.03. The summed E-state index contributed by atoms with van der Waals surface area (Å²) >= 11 is 0. The first-order chi connectivity index (χ1) is 14.4. The van der Waals surface area contributed by atoms with Crippen LogP contribution in [0.5, 0.6) is 0 Å². The van der Waals surface area contributed by atoms with Crippen LogP contribution in [0.3, 0.4) is 0 Å². The molecule has 0 amide bonds. The number of rotatable bonds is 9. The van der Waals surface area contributed by atoms with Crippen LogP contribution in [0.2, 0.25) is 0 Å². The number of allylic oxidation sites excluding steroid dienone is 8. The van der Waals surface area contributed by atoms with Crippen molar-refractivity contribution in [3.63, 3.8) is 0 Å². The van der Waals surface area contributed by atoms with Crippen molar-refractivity contribution in [3.8, 4) is 0 Å². The molecule has 0 radical (unpaired) electrons. The van der Waals surface area contributed by atoms with E-state index in [9.17, 15) is 0 Å². The lowest BCUT2D eigenvalue weighted by Gasteiger charge is -2.39. The molecular formula is C27H37N3. The second-order valence-electron chi connectivity index (χ2n) is 7.69. The Kier molecular flexibility index (Phi) is 8.79. The van der Waals surface area contributed by atoms with Gasteiger partial charge in [-0.05, 0) is 56.5 Å². The van der Waals surface area contributed by atoms with Crippen molar-refractivity contribution in [1.29, 1.82) is 0 Å². The summed E-state index contributed by atoms with van der Waals surface area (Å²) in [4.78, 5) is 4.95. The number of hydrogen-bond donors (Lipinski definition) is 1. The Labute approximate surface area is 183 Å². The maximum atomic E-state index is 4.21. The standard InChI is InChI=1S/C27H37N3/c1-8-11-12-13-25(10-3)29-16-18-30(19-17-29)27-15-14-24(21(4)5)20-26(27)28-23(7)22(6)9-2/h8-9,11-15,20,28H,1,4,7,10,16-19H2,2-3,5-6H3/b12-11-,22-9+,25-13+. The van der Waals surface area contributed by atoms with Gasteiger partial charge in [0.05, 0.1) is 11.4 Å². The average molecular weight is 404 g/mol.